The van der Waals surface area contributed by atoms with E-state index in [4.69, 9.17) is 0 Å². The van der Waals surface area contributed by atoms with Gasteiger partial charge in [0.25, 0.3) is 5.91 Å². The van der Waals surface area contributed by atoms with E-state index in [0.29, 0.717) is 17.0 Å². The van der Waals surface area contributed by atoms with Crippen LogP contribution in [0.25, 0.3) is 16.9 Å². The van der Waals surface area contributed by atoms with Gasteiger partial charge in [-0.3, -0.25) is 4.79 Å². The minimum atomic E-state index is -4.56. The molecular formula is C17H14F4N4O. The van der Waals surface area contributed by atoms with Gasteiger partial charge in [0.2, 0.25) is 0 Å². The first-order valence-corrected chi connectivity index (χ1v) is 7.65. The topological polar surface area (TPSA) is 59.3 Å². The van der Waals surface area contributed by atoms with Crippen LogP contribution in [0.2, 0.25) is 0 Å². The lowest BCUT2D eigenvalue weighted by atomic mass is 10.1. The lowest BCUT2D eigenvalue weighted by molar-refractivity contribution is -0.149. The first-order valence-electron chi connectivity index (χ1n) is 7.65. The van der Waals surface area contributed by atoms with Crippen molar-refractivity contribution in [3.05, 3.63) is 53.6 Å². The summed E-state index contributed by atoms with van der Waals surface area (Å²) in [5, 5.41) is 5.88. The van der Waals surface area contributed by atoms with Crippen molar-refractivity contribution < 1.29 is 22.4 Å². The molecule has 0 fully saturated rings. The Morgan fingerprint density at radius 1 is 1.27 bits per heavy atom. The fourth-order valence-corrected chi connectivity index (χ4v) is 2.43. The molecule has 3 aromatic rings. The van der Waals surface area contributed by atoms with Crippen molar-refractivity contribution in [2.24, 2.45) is 0 Å². The lowest BCUT2D eigenvalue weighted by Gasteiger charge is -2.16. The Kier molecular flexibility index (Phi) is 4.39. The summed E-state index contributed by atoms with van der Waals surface area (Å²) in [4.78, 5) is 16.5. The number of nitrogens with one attached hydrogen (secondary N) is 1. The van der Waals surface area contributed by atoms with Crippen LogP contribution in [0.15, 0.2) is 36.5 Å². The third-order valence-electron chi connectivity index (χ3n) is 3.85. The normalized spacial score (nSPS) is 13.0. The van der Waals surface area contributed by atoms with Crippen LogP contribution in [0.4, 0.5) is 17.6 Å². The van der Waals surface area contributed by atoms with E-state index in [9.17, 15) is 22.4 Å². The molecule has 3 rings (SSSR count). The fraction of sp³-hybridized carbons (Fsp3) is 0.235. The Hall–Kier alpha value is -2.97. The number of nitrogens with zero attached hydrogens (tertiary/aromatic N) is 3. The highest BCUT2D eigenvalue weighted by Gasteiger charge is 2.37. The van der Waals surface area contributed by atoms with Gasteiger partial charge in [-0.1, -0.05) is 12.1 Å². The van der Waals surface area contributed by atoms with Crippen LogP contribution in [0.3, 0.4) is 0 Å². The van der Waals surface area contributed by atoms with Gasteiger partial charge in [0, 0.05) is 11.3 Å². The molecule has 0 bridgehead atoms. The Bertz CT molecular complexity index is 981. The van der Waals surface area contributed by atoms with E-state index in [1.807, 2.05) is 5.32 Å². The van der Waals surface area contributed by atoms with E-state index in [0.717, 1.165) is 13.1 Å². The maximum Gasteiger partial charge on any atom is 0.408 e. The minimum absolute atomic E-state index is 0.0936. The number of carbonyl (C=O) groups excluding carboxylic acids is 1. The lowest BCUT2D eigenvalue weighted by Crippen LogP contribution is -2.43. The molecular weight excluding hydrogens is 352 g/mol. The molecule has 0 spiro atoms. The van der Waals surface area contributed by atoms with Crippen molar-refractivity contribution in [2.45, 2.75) is 26.1 Å². The molecule has 2 heterocycles. The second kappa shape index (κ2) is 6.40. The first-order chi connectivity index (χ1) is 12.2. The van der Waals surface area contributed by atoms with E-state index in [-0.39, 0.29) is 11.2 Å². The average molecular weight is 366 g/mol. The Morgan fingerprint density at radius 3 is 2.65 bits per heavy atom. The van der Waals surface area contributed by atoms with E-state index in [1.54, 1.807) is 19.1 Å². The summed E-state index contributed by atoms with van der Waals surface area (Å²) in [6.07, 6.45) is -3.40. The molecule has 0 aliphatic carbocycles. The molecule has 0 radical (unpaired) electrons. The van der Waals surface area contributed by atoms with Gasteiger partial charge in [0.05, 0.1) is 11.9 Å². The predicted molar refractivity (Wildman–Crippen MR) is 86.1 cm³/mol. The highest BCUT2D eigenvalue weighted by atomic mass is 19.4. The zero-order chi connectivity index (χ0) is 19.1. The minimum Gasteiger partial charge on any atom is -0.340 e. The Morgan fingerprint density at radius 2 is 2.00 bits per heavy atom. The summed E-state index contributed by atoms with van der Waals surface area (Å²) in [6.45, 7) is 2.55. The van der Waals surface area contributed by atoms with Crippen molar-refractivity contribution in [1.29, 1.82) is 0 Å². The summed E-state index contributed by atoms with van der Waals surface area (Å²) in [5.74, 6) is -1.39. The van der Waals surface area contributed by atoms with Crippen molar-refractivity contribution in [1.82, 2.24) is 19.9 Å². The summed E-state index contributed by atoms with van der Waals surface area (Å²) in [7, 11) is 0. The van der Waals surface area contributed by atoms with Crippen LogP contribution in [-0.2, 0) is 0 Å². The zero-order valence-corrected chi connectivity index (χ0v) is 13.8. The molecule has 9 heteroatoms. The Balaban J connectivity index is 2.04. The van der Waals surface area contributed by atoms with E-state index in [1.165, 1.54) is 22.7 Å². The monoisotopic (exact) mass is 366 g/mol. The number of hydrogen-bond donors (Lipinski definition) is 1. The van der Waals surface area contributed by atoms with Gasteiger partial charge in [-0.25, -0.2) is 13.9 Å². The number of hydrogen-bond acceptors (Lipinski definition) is 3. The summed E-state index contributed by atoms with van der Waals surface area (Å²) >= 11 is 0. The number of alkyl halides is 3. The van der Waals surface area contributed by atoms with Gasteiger partial charge in [-0.15, -0.1) is 0 Å². The fourth-order valence-electron chi connectivity index (χ4n) is 2.43. The molecule has 1 amide bonds. The van der Waals surface area contributed by atoms with E-state index in [2.05, 4.69) is 10.1 Å². The summed E-state index contributed by atoms with van der Waals surface area (Å²) in [6, 6.07) is 5.35. The Labute approximate surface area is 145 Å². The van der Waals surface area contributed by atoms with Crippen molar-refractivity contribution in [2.75, 3.05) is 0 Å². The number of fused-ring (bicyclic) bond motifs is 1. The highest BCUT2D eigenvalue weighted by Crippen LogP contribution is 2.23. The third kappa shape index (κ3) is 3.37. The zero-order valence-electron chi connectivity index (χ0n) is 13.8. The molecule has 1 N–H and O–H groups in total. The standard InChI is InChI=1S/C17H14F4N4O/c1-9-6-14(11-4-3-5-12(18)7-11)24-15-13(8-22-25(9)15)16(26)23-10(2)17(19,20)21/h3-8,10H,1-2H3,(H,23,26)/t10-/m0/s1. The third-order valence-corrected chi connectivity index (χ3v) is 3.85. The van der Waals surface area contributed by atoms with Gasteiger partial charge in [-0.2, -0.15) is 18.3 Å². The van der Waals surface area contributed by atoms with E-state index < -0.39 is 23.9 Å². The number of amides is 1. The van der Waals surface area contributed by atoms with Crippen LogP contribution >= 0.6 is 0 Å². The molecule has 136 valence electrons. The van der Waals surface area contributed by atoms with Crippen LogP contribution in [0, 0.1) is 12.7 Å². The van der Waals surface area contributed by atoms with Gasteiger partial charge < -0.3 is 5.32 Å². The number of carbonyl (C=O) groups is 1. The second-order valence-electron chi connectivity index (χ2n) is 5.82. The van der Waals surface area contributed by atoms with Crippen LogP contribution in [-0.4, -0.2) is 32.7 Å². The maximum atomic E-state index is 13.5. The number of aromatic nitrogens is 3. The van der Waals surface area contributed by atoms with Gasteiger partial charge in [0.15, 0.2) is 5.65 Å². The van der Waals surface area contributed by atoms with Crippen molar-refractivity contribution in [3.8, 4) is 11.3 Å². The van der Waals surface area contributed by atoms with E-state index >= 15 is 0 Å². The predicted octanol–water partition coefficient (Wildman–Crippen LogP) is 3.52. The van der Waals surface area contributed by atoms with Crippen molar-refractivity contribution in [3.63, 3.8) is 0 Å². The summed E-state index contributed by atoms with van der Waals surface area (Å²) < 4.78 is 52.8. The SMILES string of the molecule is Cc1cc(-c2cccc(F)c2)nc2c(C(=O)N[C@@H](C)C(F)(F)F)cnn12. The maximum absolute atomic E-state index is 13.5. The van der Waals surface area contributed by atoms with Gasteiger partial charge in [-0.05, 0) is 32.0 Å². The number of halogens is 4. The molecule has 0 saturated heterocycles. The molecule has 1 atom stereocenters. The molecule has 0 saturated carbocycles. The number of benzene rings is 1. The quantitative estimate of drug-likeness (QED) is 0.722. The molecule has 0 aliphatic heterocycles. The molecule has 5 nitrogen and oxygen atoms in total. The molecule has 0 unspecified atom stereocenters. The van der Waals surface area contributed by atoms with Gasteiger partial charge in [0.1, 0.15) is 17.4 Å². The molecule has 26 heavy (non-hydrogen) atoms. The second-order valence-corrected chi connectivity index (χ2v) is 5.82. The molecule has 2 aromatic heterocycles. The molecule has 0 aliphatic rings. The average Bonchev–Trinajstić information content (AvgIpc) is 2.98. The van der Waals surface area contributed by atoms with Crippen LogP contribution in [0.1, 0.15) is 23.0 Å². The largest absolute Gasteiger partial charge is 0.408 e. The number of rotatable bonds is 3. The first kappa shape index (κ1) is 17.8. The van der Waals surface area contributed by atoms with Crippen LogP contribution < -0.4 is 5.32 Å². The number of aryl methyl sites for hydroxylation is 1. The van der Waals surface area contributed by atoms with Crippen molar-refractivity contribution >= 4 is 11.6 Å². The summed E-state index contributed by atoms with van der Waals surface area (Å²) in [5.41, 5.74) is 1.45. The van der Waals surface area contributed by atoms with Gasteiger partial charge >= 0.3 is 6.18 Å². The smallest absolute Gasteiger partial charge is 0.340 e. The van der Waals surface area contributed by atoms with Crippen LogP contribution in [0.5, 0.6) is 0 Å². The highest BCUT2D eigenvalue weighted by molar-refractivity contribution is 6.00. The molecule has 1 aromatic carbocycles.